The number of rotatable bonds is 5. The molecule has 1 fully saturated rings. The van der Waals surface area contributed by atoms with Crippen LogP contribution in [0, 0.1) is 20.8 Å². The molecule has 36 heavy (non-hydrogen) atoms. The van der Waals surface area contributed by atoms with Crippen molar-refractivity contribution in [1.82, 2.24) is 14.9 Å². The maximum Gasteiger partial charge on any atom is 0.174 e. The summed E-state index contributed by atoms with van der Waals surface area (Å²) >= 11 is 12.4. The lowest BCUT2D eigenvalue weighted by molar-refractivity contribution is 0.565. The quantitative estimate of drug-likeness (QED) is 0.276. The standard InChI is InChI=1S/C30H31ClN4S/c1-18(2)22-12-14-23(15-13-22)35-29(28(33-30(35)36)26-10-6-7-16-32-26)24-17-19(3)34(21(24)5)27-11-8-9-25(31)20(27)4/h6-18,28-29H,1-5H3,(H,33,36)/t28-,29+/m0/s1. The van der Waals surface area contributed by atoms with E-state index in [1.165, 1.54) is 16.8 Å². The van der Waals surface area contributed by atoms with Gasteiger partial charge in [-0.05, 0) is 98.1 Å². The van der Waals surface area contributed by atoms with Crippen molar-refractivity contribution in [3.63, 3.8) is 0 Å². The molecule has 3 heterocycles. The topological polar surface area (TPSA) is 33.1 Å². The monoisotopic (exact) mass is 514 g/mol. The Labute approximate surface area is 223 Å². The number of thiocarbonyl (C=S) groups is 1. The predicted octanol–water partition coefficient (Wildman–Crippen LogP) is 7.75. The SMILES string of the molecule is Cc1c(Cl)cccc1-n1c(C)cc([C@@H]2[C@H](c3ccccn3)NC(=S)N2c2ccc(C(C)C)cc2)c1C. The van der Waals surface area contributed by atoms with Crippen LogP contribution in [-0.2, 0) is 0 Å². The van der Waals surface area contributed by atoms with Crippen LogP contribution in [-0.4, -0.2) is 14.7 Å². The van der Waals surface area contributed by atoms with E-state index in [0.29, 0.717) is 11.0 Å². The Kier molecular flexibility index (Phi) is 6.62. The highest BCUT2D eigenvalue weighted by atomic mass is 35.5. The van der Waals surface area contributed by atoms with Gasteiger partial charge in [0.15, 0.2) is 5.11 Å². The molecule has 6 heteroatoms. The zero-order valence-electron chi connectivity index (χ0n) is 21.3. The van der Waals surface area contributed by atoms with Crippen LogP contribution in [0.3, 0.4) is 0 Å². The van der Waals surface area contributed by atoms with Gasteiger partial charge in [-0.2, -0.15) is 0 Å². The van der Waals surface area contributed by atoms with E-state index in [0.717, 1.165) is 33.3 Å². The molecule has 0 amide bonds. The van der Waals surface area contributed by atoms with Crippen molar-refractivity contribution in [1.29, 1.82) is 0 Å². The first-order valence-electron chi connectivity index (χ1n) is 12.3. The number of pyridine rings is 1. The molecule has 5 rings (SSSR count). The molecule has 1 aliphatic rings. The van der Waals surface area contributed by atoms with Crippen molar-refractivity contribution in [2.75, 3.05) is 4.90 Å². The van der Waals surface area contributed by atoms with Gasteiger partial charge in [-0.15, -0.1) is 0 Å². The lowest BCUT2D eigenvalue weighted by atomic mass is 9.96. The van der Waals surface area contributed by atoms with Crippen molar-refractivity contribution < 1.29 is 0 Å². The number of hydrogen-bond donors (Lipinski definition) is 1. The zero-order valence-corrected chi connectivity index (χ0v) is 22.9. The van der Waals surface area contributed by atoms with E-state index in [2.05, 4.69) is 91.9 Å². The molecule has 4 aromatic rings. The highest BCUT2D eigenvalue weighted by molar-refractivity contribution is 7.80. The molecule has 1 saturated heterocycles. The Morgan fingerprint density at radius 2 is 1.72 bits per heavy atom. The van der Waals surface area contributed by atoms with E-state index in [-0.39, 0.29) is 12.1 Å². The summed E-state index contributed by atoms with van der Waals surface area (Å²) in [4.78, 5) is 6.95. The summed E-state index contributed by atoms with van der Waals surface area (Å²) in [5, 5.41) is 5.06. The Morgan fingerprint density at radius 3 is 2.39 bits per heavy atom. The summed E-state index contributed by atoms with van der Waals surface area (Å²) in [5.41, 5.74) is 9.04. The largest absolute Gasteiger partial charge is 0.351 e. The number of anilines is 1. The van der Waals surface area contributed by atoms with Crippen molar-refractivity contribution in [3.05, 3.63) is 112 Å². The van der Waals surface area contributed by atoms with Gasteiger partial charge >= 0.3 is 0 Å². The van der Waals surface area contributed by atoms with Crippen LogP contribution < -0.4 is 10.2 Å². The van der Waals surface area contributed by atoms with Gasteiger partial charge in [-0.25, -0.2) is 0 Å². The van der Waals surface area contributed by atoms with E-state index < -0.39 is 0 Å². The summed E-state index contributed by atoms with van der Waals surface area (Å²) in [6.07, 6.45) is 1.84. The predicted molar refractivity (Wildman–Crippen MR) is 153 cm³/mol. The minimum Gasteiger partial charge on any atom is -0.351 e. The number of benzene rings is 2. The summed E-state index contributed by atoms with van der Waals surface area (Å²) < 4.78 is 2.30. The Hall–Kier alpha value is -3.15. The lowest BCUT2D eigenvalue weighted by Crippen LogP contribution is -2.29. The number of nitrogens with zero attached hydrogens (tertiary/aromatic N) is 3. The molecule has 0 unspecified atom stereocenters. The Morgan fingerprint density at radius 1 is 0.972 bits per heavy atom. The first-order valence-corrected chi connectivity index (χ1v) is 13.1. The average molecular weight is 515 g/mol. The van der Waals surface area contributed by atoms with Crippen LogP contribution in [0.25, 0.3) is 5.69 Å². The number of halogens is 1. The van der Waals surface area contributed by atoms with E-state index in [1.807, 2.05) is 30.5 Å². The fraction of sp³-hybridized carbons (Fsp3) is 0.267. The van der Waals surface area contributed by atoms with Crippen LogP contribution in [0.1, 0.15) is 65.6 Å². The van der Waals surface area contributed by atoms with Crippen molar-refractivity contribution >= 4 is 34.6 Å². The van der Waals surface area contributed by atoms with Crippen LogP contribution in [0.4, 0.5) is 5.69 Å². The van der Waals surface area contributed by atoms with E-state index >= 15 is 0 Å². The third kappa shape index (κ3) is 4.21. The summed E-state index contributed by atoms with van der Waals surface area (Å²) in [5.74, 6) is 0.472. The normalized spacial score (nSPS) is 17.6. The lowest BCUT2D eigenvalue weighted by Gasteiger charge is -2.28. The molecule has 0 saturated carbocycles. The molecular weight excluding hydrogens is 484 g/mol. The molecule has 0 aliphatic carbocycles. The number of hydrogen-bond acceptors (Lipinski definition) is 2. The maximum absolute atomic E-state index is 6.51. The number of nitrogens with one attached hydrogen (secondary N) is 1. The van der Waals surface area contributed by atoms with Gasteiger partial charge in [-0.1, -0.05) is 49.7 Å². The fourth-order valence-corrected chi connectivity index (χ4v) is 5.78. The molecule has 0 spiro atoms. The molecule has 0 bridgehead atoms. The second kappa shape index (κ2) is 9.72. The molecule has 2 atom stereocenters. The number of aryl methyl sites for hydroxylation is 1. The molecular formula is C30H31ClN4S. The fourth-order valence-electron chi connectivity index (χ4n) is 5.26. The molecule has 4 nitrogen and oxygen atoms in total. The third-order valence-electron chi connectivity index (χ3n) is 7.20. The minimum absolute atomic E-state index is 0.0586. The van der Waals surface area contributed by atoms with Gasteiger partial charge in [0.2, 0.25) is 0 Å². The van der Waals surface area contributed by atoms with E-state index in [1.54, 1.807) is 0 Å². The zero-order chi connectivity index (χ0) is 25.6. The van der Waals surface area contributed by atoms with Crippen LogP contribution in [0.15, 0.2) is 72.9 Å². The number of aromatic nitrogens is 2. The van der Waals surface area contributed by atoms with Crippen molar-refractivity contribution in [2.45, 2.75) is 52.6 Å². The molecule has 1 N–H and O–H groups in total. The Bertz CT molecular complexity index is 1410. The Balaban J connectivity index is 1.68. The maximum atomic E-state index is 6.51. The second-order valence-corrected chi connectivity index (χ2v) is 10.6. The summed E-state index contributed by atoms with van der Waals surface area (Å²) in [6, 6.07) is 23.0. The van der Waals surface area contributed by atoms with Crippen LogP contribution >= 0.6 is 23.8 Å². The van der Waals surface area contributed by atoms with E-state index in [4.69, 9.17) is 28.8 Å². The minimum atomic E-state index is -0.0853. The van der Waals surface area contributed by atoms with Crippen LogP contribution in [0.2, 0.25) is 5.02 Å². The van der Waals surface area contributed by atoms with Crippen molar-refractivity contribution in [2.24, 2.45) is 0 Å². The second-order valence-electron chi connectivity index (χ2n) is 9.79. The average Bonchev–Trinajstić information content (AvgIpc) is 3.36. The molecule has 184 valence electrons. The van der Waals surface area contributed by atoms with Gasteiger partial charge in [0.1, 0.15) is 0 Å². The first kappa shape index (κ1) is 24.5. The third-order valence-corrected chi connectivity index (χ3v) is 7.93. The molecule has 2 aromatic heterocycles. The van der Waals surface area contributed by atoms with Gasteiger partial charge in [0.25, 0.3) is 0 Å². The van der Waals surface area contributed by atoms with E-state index in [9.17, 15) is 0 Å². The van der Waals surface area contributed by atoms with Crippen molar-refractivity contribution in [3.8, 4) is 5.69 Å². The summed E-state index contributed by atoms with van der Waals surface area (Å²) in [7, 11) is 0. The molecule has 0 radical (unpaired) electrons. The van der Waals surface area contributed by atoms with Gasteiger partial charge < -0.3 is 14.8 Å². The van der Waals surface area contributed by atoms with Gasteiger partial charge in [0.05, 0.1) is 17.8 Å². The molecule has 2 aromatic carbocycles. The highest BCUT2D eigenvalue weighted by Gasteiger charge is 2.42. The highest BCUT2D eigenvalue weighted by Crippen LogP contribution is 2.44. The first-order chi connectivity index (χ1) is 17.3. The van der Waals surface area contributed by atoms with Gasteiger partial charge in [-0.3, -0.25) is 4.98 Å². The summed E-state index contributed by atoms with van der Waals surface area (Å²) in [6.45, 7) is 10.8. The van der Waals surface area contributed by atoms with Gasteiger partial charge in [0, 0.05) is 34.0 Å². The molecule has 1 aliphatic heterocycles. The smallest absolute Gasteiger partial charge is 0.174 e. The van der Waals surface area contributed by atoms with Crippen LogP contribution in [0.5, 0.6) is 0 Å².